The van der Waals surface area contributed by atoms with Crippen molar-refractivity contribution in [3.05, 3.63) is 52.6 Å². The molecular weight excluding hydrogens is 402 g/mol. The van der Waals surface area contributed by atoms with Crippen LogP contribution in [0.15, 0.2) is 47.1 Å². The Morgan fingerprint density at radius 2 is 1.75 bits per heavy atom. The van der Waals surface area contributed by atoms with E-state index in [1.54, 1.807) is 4.90 Å². The molecule has 0 saturated carbocycles. The average Bonchev–Trinajstić information content (AvgIpc) is 3.20. The molecule has 1 aromatic rings. The third-order valence-corrected chi connectivity index (χ3v) is 5.10. The monoisotopic (exact) mass is 441 g/mol. The smallest absolute Gasteiger partial charge is 0.414 e. The van der Waals surface area contributed by atoms with Crippen LogP contribution in [-0.4, -0.2) is 19.2 Å². The van der Waals surface area contributed by atoms with Gasteiger partial charge in [0.15, 0.2) is 0 Å². The molecule has 2 heterocycles. The highest BCUT2D eigenvalue weighted by Gasteiger charge is 2.33. The molecule has 6 heteroatoms. The zero-order valence-electron chi connectivity index (χ0n) is 20.9. The molecule has 1 amide bonds. The van der Waals surface area contributed by atoms with E-state index in [2.05, 4.69) is 40.7 Å². The van der Waals surface area contributed by atoms with E-state index in [0.717, 1.165) is 34.9 Å². The van der Waals surface area contributed by atoms with Gasteiger partial charge in [-0.05, 0) is 48.4 Å². The molecule has 6 nitrogen and oxygen atoms in total. The summed E-state index contributed by atoms with van der Waals surface area (Å²) in [6.45, 7) is 17.6. The number of anilines is 1. The lowest BCUT2D eigenvalue weighted by atomic mass is 9.77. The van der Waals surface area contributed by atoms with Gasteiger partial charge >= 0.3 is 6.09 Å². The molecule has 176 valence electrons. The van der Waals surface area contributed by atoms with Crippen molar-refractivity contribution < 1.29 is 14.3 Å². The van der Waals surface area contributed by atoms with Crippen LogP contribution in [0.4, 0.5) is 10.5 Å². The molecule has 1 fully saturated rings. The Labute approximate surface area is 193 Å². The first-order chi connectivity index (χ1) is 15.2. The highest BCUT2D eigenvalue weighted by atomic mass is 16.6. The lowest BCUT2D eigenvalue weighted by Crippen LogP contribution is -2.24. The normalized spacial score (nSPS) is 18.7. The van der Waals surface area contributed by atoms with E-state index in [0.29, 0.717) is 18.7 Å². The summed E-state index contributed by atoms with van der Waals surface area (Å²) in [5.41, 5.74) is 9.24. The third-order valence-electron chi connectivity index (χ3n) is 5.10. The topological polar surface area (TPSA) is 88.6 Å². The van der Waals surface area contributed by atoms with Crippen molar-refractivity contribution in [3.8, 4) is 6.07 Å². The number of nitrogens with zero attached hydrogens (tertiary/aromatic N) is 2. The summed E-state index contributed by atoms with van der Waals surface area (Å²) in [6, 6.07) is 9.86. The molecular formula is C26H39N3O3. The van der Waals surface area contributed by atoms with Crippen molar-refractivity contribution in [2.24, 2.45) is 17.6 Å². The van der Waals surface area contributed by atoms with Crippen LogP contribution in [0.25, 0.3) is 0 Å². The standard InChI is InChI=1S/C20H23N3O3.C4H10.C2H6/c1-4-12(2)17-13(3)26-19(22)16(11-21)18(17)14-5-7-15(8-6-14)23-9-10-25-20(23)24;1-4(2)3;1-2/h5-8,12,18H,4,9-10,22H2,1-3H3;4H,1-3H3;1-2H3. The van der Waals surface area contributed by atoms with Crippen molar-refractivity contribution in [1.82, 2.24) is 0 Å². The SMILES string of the molecule is CC.CC(C)C.CCC(C)C1=C(C)OC(N)=C(C#N)C1c1ccc(N2CCOC2=O)cc1. The number of carbonyl (C=O) groups is 1. The summed E-state index contributed by atoms with van der Waals surface area (Å²) >= 11 is 0. The van der Waals surface area contributed by atoms with Crippen LogP contribution in [0.5, 0.6) is 0 Å². The molecule has 0 aromatic heterocycles. The summed E-state index contributed by atoms with van der Waals surface area (Å²) in [4.78, 5) is 13.3. The second-order valence-electron chi connectivity index (χ2n) is 8.34. The molecule has 0 spiro atoms. The van der Waals surface area contributed by atoms with Gasteiger partial charge in [-0.1, -0.05) is 60.6 Å². The van der Waals surface area contributed by atoms with Gasteiger partial charge < -0.3 is 15.2 Å². The lowest BCUT2D eigenvalue weighted by Gasteiger charge is -2.31. The van der Waals surface area contributed by atoms with Gasteiger partial charge in [0.2, 0.25) is 5.88 Å². The number of ether oxygens (including phenoxy) is 2. The fourth-order valence-electron chi connectivity index (χ4n) is 3.57. The minimum atomic E-state index is -0.332. The van der Waals surface area contributed by atoms with Gasteiger partial charge in [-0.3, -0.25) is 4.90 Å². The van der Waals surface area contributed by atoms with E-state index in [9.17, 15) is 10.1 Å². The Kier molecular flexibility index (Phi) is 10.8. The highest BCUT2D eigenvalue weighted by Crippen LogP contribution is 2.43. The number of benzene rings is 1. The van der Waals surface area contributed by atoms with E-state index < -0.39 is 0 Å². The lowest BCUT2D eigenvalue weighted by molar-refractivity contribution is 0.181. The van der Waals surface area contributed by atoms with Crippen molar-refractivity contribution >= 4 is 11.8 Å². The van der Waals surface area contributed by atoms with Crippen molar-refractivity contribution in [2.45, 2.75) is 67.7 Å². The van der Waals surface area contributed by atoms with E-state index in [4.69, 9.17) is 15.2 Å². The Balaban J connectivity index is 0.000000769. The van der Waals surface area contributed by atoms with Gasteiger partial charge in [-0.2, -0.15) is 5.26 Å². The second-order valence-corrected chi connectivity index (χ2v) is 8.34. The summed E-state index contributed by atoms with van der Waals surface area (Å²) in [7, 11) is 0. The molecule has 0 bridgehead atoms. The fraction of sp³-hybridized carbons (Fsp3) is 0.538. The van der Waals surface area contributed by atoms with Crippen molar-refractivity contribution in [3.63, 3.8) is 0 Å². The van der Waals surface area contributed by atoms with Crippen LogP contribution in [0.2, 0.25) is 0 Å². The van der Waals surface area contributed by atoms with Gasteiger partial charge in [0.05, 0.1) is 6.54 Å². The fourth-order valence-corrected chi connectivity index (χ4v) is 3.57. The number of rotatable bonds is 4. The summed E-state index contributed by atoms with van der Waals surface area (Å²) in [5.74, 6) is 1.77. The predicted molar refractivity (Wildman–Crippen MR) is 130 cm³/mol. The number of allylic oxidation sites excluding steroid dienone is 3. The molecule has 1 aromatic carbocycles. The Morgan fingerprint density at radius 3 is 2.19 bits per heavy atom. The van der Waals surface area contributed by atoms with Crippen molar-refractivity contribution in [2.75, 3.05) is 18.1 Å². The van der Waals surface area contributed by atoms with Gasteiger partial charge in [0, 0.05) is 11.6 Å². The Bertz CT molecular complexity index is 861. The summed E-state index contributed by atoms with van der Waals surface area (Å²) in [6.07, 6.45) is 0.602. The van der Waals surface area contributed by atoms with Crippen LogP contribution >= 0.6 is 0 Å². The molecule has 3 rings (SSSR count). The van der Waals surface area contributed by atoms with Gasteiger partial charge in [-0.25, -0.2) is 4.79 Å². The maximum atomic E-state index is 11.7. The van der Waals surface area contributed by atoms with Gasteiger partial charge in [0.1, 0.15) is 24.0 Å². The third kappa shape index (κ3) is 6.53. The minimum Gasteiger partial charge on any atom is -0.447 e. The van der Waals surface area contributed by atoms with E-state index >= 15 is 0 Å². The first kappa shape index (κ1) is 27.1. The first-order valence-electron chi connectivity index (χ1n) is 11.5. The number of nitrogens with two attached hydrogens (primary N) is 1. The molecule has 2 aliphatic rings. The Morgan fingerprint density at radius 1 is 1.19 bits per heavy atom. The highest BCUT2D eigenvalue weighted by molar-refractivity contribution is 5.89. The zero-order valence-corrected chi connectivity index (χ0v) is 20.9. The quantitative estimate of drug-likeness (QED) is 0.579. The number of hydrogen-bond donors (Lipinski definition) is 1. The van der Waals surface area contributed by atoms with Crippen molar-refractivity contribution in [1.29, 1.82) is 5.26 Å². The zero-order chi connectivity index (χ0) is 24.4. The molecule has 32 heavy (non-hydrogen) atoms. The molecule has 2 N–H and O–H groups in total. The number of nitriles is 1. The van der Waals surface area contributed by atoms with E-state index in [-0.39, 0.29) is 23.8 Å². The van der Waals surface area contributed by atoms with Crippen LogP contribution in [0.1, 0.15) is 73.3 Å². The summed E-state index contributed by atoms with van der Waals surface area (Å²) in [5, 5.41) is 9.65. The first-order valence-corrected chi connectivity index (χ1v) is 11.5. The number of amides is 1. The second kappa shape index (κ2) is 12.8. The largest absolute Gasteiger partial charge is 0.447 e. The molecule has 1 saturated heterocycles. The van der Waals surface area contributed by atoms with Crippen LogP contribution < -0.4 is 10.6 Å². The molecule has 0 radical (unpaired) electrons. The average molecular weight is 442 g/mol. The molecule has 2 atom stereocenters. The molecule has 0 aliphatic carbocycles. The van der Waals surface area contributed by atoms with Crippen LogP contribution in [0, 0.1) is 23.2 Å². The van der Waals surface area contributed by atoms with E-state index in [1.807, 2.05) is 45.0 Å². The maximum Gasteiger partial charge on any atom is 0.414 e. The Hall–Kier alpha value is -2.94. The molecule has 2 aliphatic heterocycles. The molecule has 2 unspecified atom stereocenters. The predicted octanol–water partition coefficient (Wildman–Crippen LogP) is 6.46. The van der Waals surface area contributed by atoms with Crippen LogP contribution in [-0.2, 0) is 9.47 Å². The van der Waals surface area contributed by atoms with Gasteiger partial charge in [-0.15, -0.1) is 0 Å². The minimum absolute atomic E-state index is 0.161. The summed E-state index contributed by atoms with van der Waals surface area (Å²) < 4.78 is 10.6. The number of carbonyl (C=O) groups excluding carboxylic acids is 1. The number of hydrogen-bond acceptors (Lipinski definition) is 5. The van der Waals surface area contributed by atoms with Crippen LogP contribution in [0.3, 0.4) is 0 Å². The number of cyclic esters (lactones) is 1. The van der Waals surface area contributed by atoms with Gasteiger partial charge in [0.25, 0.3) is 0 Å². The maximum absolute atomic E-state index is 11.7. The van der Waals surface area contributed by atoms with E-state index in [1.165, 1.54) is 0 Å².